The Bertz CT molecular complexity index is 653. The van der Waals surface area contributed by atoms with Crippen molar-refractivity contribution in [2.24, 2.45) is 0 Å². The Labute approximate surface area is 139 Å². The van der Waals surface area contributed by atoms with Gasteiger partial charge in [-0.2, -0.15) is 0 Å². The summed E-state index contributed by atoms with van der Waals surface area (Å²) in [6.45, 7) is 2.40. The molecule has 2 aromatic rings. The van der Waals surface area contributed by atoms with Crippen LogP contribution in [0.2, 0.25) is 0 Å². The fourth-order valence-corrected chi connectivity index (χ4v) is 4.54. The van der Waals surface area contributed by atoms with Crippen LogP contribution in [0.4, 0.5) is 0 Å². The van der Waals surface area contributed by atoms with E-state index in [4.69, 9.17) is 4.74 Å². The lowest BCUT2D eigenvalue weighted by Crippen LogP contribution is -2.36. The summed E-state index contributed by atoms with van der Waals surface area (Å²) < 4.78 is 5.67. The first-order chi connectivity index (χ1) is 11.4. The molecule has 23 heavy (non-hydrogen) atoms. The van der Waals surface area contributed by atoms with E-state index in [9.17, 15) is 0 Å². The Morgan fingerprint density at radius 2 is 1.91 bits per heavy atom. The van der Waals surface area contributed by atoms with E-state index in [1.54, 1.807) is 7.11 Å². The number of aryl methyl sites for hydroxylation is 1. The molecule has 2 aromatic carbocycles. The molecule has 0 aromatic heterocycles. The molecule has 0 spiro atoms. The van der Waals surface area contributed by atoms with Crippen molar-refractivity contribution in [2.75, 3.05) is 20.2 Å². The topological polar surface area (TPSA) is 12.5 Å². The monoisotopic (exact) mass is 307 g/mol. The molecule has 2 aliphatic rings. The molecule has 0 radical (unpaired) electrons. The number of rotatable bonds is 4. The third-order valence-electron chi connectivity index (χ3n) is 5.65. The standard InChI is InChI=1S/C21H25NO/c1-23-20-9-5-8-17-10-11-19-18(21(17)20)13-15-22(19)14-12-16-6-3-2-4-7-16/h2-9,18-19H,10-15H2,1H3/t18-,19+/m1/s1. The Morgan fingerprint density at radius 1 is 1.04 bits per heavy atom. The van der Waals surface area contributed by atoms with E-state index in [2.05, 4.69) is 53.4 Å². The molecule has 1 saturated heterocycles. The quantitative estimate of drug-likeness (QED) is 0.845. The molecule has 2 atom stereocenters. The van der Waals surface area contributed by atoms with E-state index in [-0.39, 0.29) is 0 Å². The third-order valence-corrected chi connectivity index (χ3v) is 5.65. The van der Waals surface area contributed by atoms with Crippen molar-refractivity contribution in [3.63, 3.8) is 0 Å². The number of hydrogen-bond acceptors (Lipinski definition) is 2. The molecule has 120 valence electrons. The second-order valence-corrected chi connectivity index (χ2v) is 6.81. The van der Waals surface area contributed by atoms with E-state index in [0.29, 0.717) is 12.0 Å². The van der Waals surface area contributed by atoms with Gasteiger partial charge in [0.1, 0.15) is 5.75 Å². The molecule has 1 aliphatic heterocycles. The van der Waals surface area contributed by atoms with Gasteiger partial charge in [0.25, 0.3) is 0 Å². The number of ether oxygens (including phenoxy) is 1. The second kappa shape index (κ2) is 6.37. The maximum Gasteiger partial charge on any atom is 0.122 e. The summed E-state index contributed by atoms with van der Waals surface area (Å²) in [6.07, 6.45) is 4.91. The second-order valence-electron chi connectivity index (χ2n) is 6.81. The van der Waals surface area contributed by atoms with Gasteiger partial charge in [-0.05, 0) is 49.4 Å². The van der Waals surface area contributed by atoms with Crippen LogP contribution in [-0.4, -0.2) is 31.1 Å². The first kappa shape index (κ1) is 14.8. The number of likely N-dealkylation sites (tertiary alicyclic amines) is 1. The Kier molecular flexibility index (Phi) is 4.09. The van der Waals surface area contributed by atoms with Crippen LogP contribution < -0.4 is 4.74 Å². The highest BCUT2D eigenvalue weighted by Crippen LogP contribution is 2.45. The molecule has 0 N–H and O–H groups in total. The van der Waals surface area contributed by atoms with E-state index >= 15 is 0 Å². The maximum atomic E-state index is 5.67. The molecule has 2 nitrogen and oxygen atoms in total. The highest BCUT2D eigenvalue weighted by molar-refractivity contribution is 5.46. The van der Waals surface area contributed by atoms with Crippen LogP contribution in [0.1, 0.15) is 35.4 Å². The molecular formula is C21H25NO. The van der Waals surface area contributed by atoms with Crippen molar-refractivity contribution in [3.05, 3.63) is 65.2 Å². The van der Waals surface area contributed by atoms with Gasteiger partial charge in [0.2, 0.25) is 0 Å². The van der Waals surface area contributed by atoms with Crippen LogP contribution in [0.25, 0.3) is 0 Å². The molecule has 4 rings (SSSR count). The molecular weight excluding hydrogens is 282 g/mol. The molecule has 1 aliphatic carbocycles. The van der Waals surface area contributed by atoms with Gasteiger partial charge in [0.15, 0.2) is 0 Å². The van der Waals surface area contributed by atoms with Crippen LogP contribution in [0, 0.1) is 0 Å². The third kappa shape index (κ3) is 2.76. The van der Waals surface area contributed by atoms with Gasteiger partial charge >= 0.3 is 0 Å². The number of methoxy groups -OCH3 is 1. The van der Waals surface area contributed by atoms with Crippen LogP contribution in [0.5, 0.6) is 5.75 Å². The van der Waals surface area contributed by atoms with Crippen molar-refractivity contribution in [1.82, 2.24) is 4.90 Å². The van der Waals surface area contributed by atoms with Crippen molar-refractivity contribution < 1.29 is 4.74 Å². The lowest BCUT2D eigenvalue weighted by molar-refractivity contribution is 0.228. The summed E-state index contributed by atoms with van der Waals surface area (Å²) in [5.74, 6) is 1.76. The summed E-state index contributed by atoms with van der Waals surface area (Å²) in [7, 11) is 1.81. The van der Waals surface area contributed by atoms with Crippen molar-refractivity contribution in [2.45, 2.75) is 37.6 Å². The van der Waals surface area contributed by atoms with E-state index < -0.39 is 0 Å². The molecule has 1 heterocycles. The molecule has 0 amide bonds. The van der Waals surface area contributed by atoms with Crippen molar-refractivity contribution in [3.8, 4) is 5.75 Å². The van der Waals surface area contributed by atoms with Crippen LogP contribution in [0.3, 0.4) is 0 Å². The molecule has 1 fully saturated rings. The summed E-state index contributed by atoms with van der Waals surface area (Å²) >= 11 is 0. The number of nitrogens with zero attached hydrogens (tertiary/aromatic N) is 1. The minimum atomic E-state index is 0.658. The van der Waals surface area contributed by atoms with Crippen molar-refractivity contribution >= 4 is 0 Å². The number of hydrogen-bond donors (Lipinski definition) is 0. The lowest BCUT2D eigenvalue weighted by Gasteiger charge is -2.34. The van der Waals surface area contributed by atoms with Gasteiger partial charge in [-0.1, -0.05) is 42.5 Å². The Balaban J connectivity index is 1.51. The predicted octanol–water partition coefficient (Wildman–Crippen LogP) is 4.04. The van der Waals surface area contributed by atoms with E-state index in [1.165, 1.54) is 49.0 Å². The van der Waals surface area contributed by atoms with Gasteiger partial charge in [-0.15, -0.1) is 0 Å². The zero-order chi connectivity index (χ0) is 15.6. The largest absolute Gasteiger partial charge is 0.496 e. The first-order valence-electron chi connectivity index (χ1n) is 8.80. The molecule has 2 heteroatoms. The number of benzene rings is 2. The van der Waals surface area contributed by atoms with Gasteiger partial charge in [-0.3, -0.25) is 4.90 Å². The molecule has 0 saturated carbocycles. The minimum absolute atomic E-state index is 0.658. The van der Waals surface area contributed by atoms with E-state index in [1.807, 2.05) is 0 Å². The maximum absolute atomic E-state index is 5.67. The lowest BCUT2D eigenvalue weighted by atomic mass is 9.79. The first-order valence-corrected chi connectivity index (χ1v) is 8.80. The minimum Gasteiger partial charge on any atom is -0.496 e. The molecule has 0 bridgehead atoms. The summed E-state index contributed by atoms with van der Waals surface area (Å²) in [4.78, 5) is 2.72. The van der Waals surface area contributed by atoms with Gasteiger partial charge in [0.05, 0.1) is 7.11 Å². The summed E-state index contributed by atoms with van der Waals surface area (Å²) in [5, 5.41) is 0. The predicted molar refractivity (Wildman–Crippen MR) is 94.2 cm³/mol. The fraction of sp³-hybridized carbons (Fsp3) is 0.429. The van der Waals surface area contributed by atoms with Crippen LogP contribution >= 0.6 is 0 Å². The number of fused-ring (bicyclic) bond motifs is 3. The highest BCUT2D eigenvalue weighted by Gasteiger charge is 2.39. The molecule has 0 unspecified atom stereocenters. The average Bonchev–Trinajstić information content (AvgIpc) is 3.03. The van der Waals surface area contributed by atoms with Gasteiger partial charge < -0.3 is 4.74 Å². The van der Waals surface area contributed by atoms with Crippen LogP contribution in [0.15, 0.2) is 48.5 Å². The van der Waals surface area contributed by atoms with Gasteiger partial charge in [-0.25, -0.2) is 0 Å². The van der Waals surface area contributed by atoms with Gasteiger partial charge in [0, 0.05) is 24.1 Å². The SMILES string of the molecule is COc1cccc2c1[C@@H]1CCN(CCc3ccccc3)[C@H]1CC2. The Morgan fingerprint density at radius 3 is 2.74 bits per heavy atom. The Hall–Kier alpha value is -1.80. The summed E-state index contributed by atoms with van der Waals surface area (Å²) in [5.41, 5.74) is 4.45. The van der Waals surface area contributed by atoms with E-state index in [0.717, 1.165) is 12.2 Å². The average molecular weight is 307 g/mol. The highest BCUT2D eigenvalue weighted by atomic mass is 16.5. The normalized spacial score (nSPS) is 23.3. The van der Waals surface area contributed by atoms with Crippen molar-refractivity contribution in [1.29, 1.82) is 0 Å². The smallest absolute Gasteiger partial charge is 0.122 e. The fourth-order valence-electron chi connectivity index (χ4n) is 4.54. The van der Waals surface area contributed by atoms with Crippen LogP contribution in [-0.2, 0) is 12.8 Å². The summed E-state index contributed by atoms with van der Waals surface area (Å²) in [6, 6.07) is 18.1. The zero-order valence-corrected chi connectivity index (χ0v) is 13.9. The zero-order valence-electron chi connectivity index (χ0n) is 13.9.